The van der Waals surface area contributed by atoms with Crippen molar-refractivity contribution in [2.24, 2.45) is 0 Å². The number of aliphatic hydroxyl groups is 2. The fraction of sp³-hybridized carbons (Fsp3) is 0.750. The first-order valence-electron chi connectivity index (χ1n) is 7.58. The molecule has 0 aromatic carbocycles. The van der Waals surface area contributed by atoms with Crippen LogP contribution in [0.2, 0.25) is 0 Å². The highest BCUT2D eigenvalue weighted by Gasteiger charge is 2.40. The van der Waals surface area contributed by atoms with Gasteiger partial charge in [-0.3, -0.25) is 0 Å². The van der Waals surface area contributed by atoms with E-state index < -0.39 is 12.2 Å². The number of hydrogen-bond donors (Lipinski definition) is 2. The van der Waals surface area contributed by atoms with Gasteiger partial charge in [0.05, 0.1) is 36.6 Å². The lowest BCUT2D eigenvalue weighted by Crippen LogP contribution is -2.32. The second-order valence-corrected chi connectivity index (χ2v) is 5.61. The molecule has 2 aliphatic heterocycles. The van der Waals surface area contributed by atoms with E-state index in [1.54, 1.807) is 12.2 Å². The van der Waals surface area contributed by atoms with Gasteiger partial charge in [-0.1, -0.05) is 24.3 Å². The van der Waals surface area contributed by atoms with Crippen LogP contribution in [0.15, 0.2) is 24.3 Å². The molecule has 0 bridgehead atoms. The van der Waals surface area contributed by atoms with Crippen LogP contribution in [-0.2, 0) is 9.47 Å². The molecular weight excluding hydrogens is 256 g/mol. The zero-order valence-corrected chi connectivity index (χ0v) is 12.3. The monoisotopic (exact) mass is 282 g/mol. The first kappa shape index (κ1) is 15.7. The predicted octanol–water partition coefficient (Wildman–Crippen LogP) is 1.96. The summed E-state index contributed by atoms with van der Waals surface area (Å²) in [6.45, 7) is 3.78. The second kappa shape index (κ2) is 7.36. The van der Waals surface area contributed by atoms with Crippen molar-refractivity contribution in [3.8, 4) is 0 Å². The molecule has 0 aromatic rings. The van der Waals surface area contributed by atoms with E-state index in [0.29, 0.717) is 0 Å². The number of allylic oxidation sites excluding steroid dienone is 2. The van der Waals surface area contributed by atoms with Gasteiger partial charge < -0.3 is 19.7 Å². The predicted molar refractivity (Wildman–Crippen MR) is 77.4 cm³/mol. The molecule has 2 saturated heterocycles. The summed E-state index contributed by atoms with van der Waals surface area (Å²) in [5.41, 5.74) is 0. The Morgan fingerprint density at radius 1 is 0.800 bits per heavy atom. The van der Waals surface area contributed by atoms with E-state index >= 15 is 0 Å². The van der Waals surface area contributed by atoms with Crippen molar-refractivity contribution in [3.05, 3.63) is 24.3 Å². The Labute approximate surface area is 121 Å². The summed E-state index contributed by atoms with van der Waals surface area (Å²) in [6.07, 6.45) is 9.54. The lowest BCUT2D eigenvalue weighted by Gasteiger charge is -2.22. The van der Waals surface area contributed by atoms with Crippen LogP contribution in [0.3, 0.4) is 0 Å². The van der Waals surface area contributed by atoms with Gasteiger partial charge in [-0.2, -0.15) is 0 Å². The molecule has 0 unspecified atom stereocenters. The molecule has 2 heterocycles. The van der Waals surface area contributed by atoms with Crippen LogP contribution in [0, 0.1) is 0 Å². The summed E-state index contributed by atoms with van der Waals surface area (Å²) >= 11 is 0. The van der Waals surface area contributed by atoms with Crippen LogP contribution in [0.5, 0.6) is 0 Å². The third-order valence-corrected chi connectivity index (χ3v) is 4.13. The van der Waals surface area contributed by atoms with Crippen molar-refractivity contribution in [3.63, 3.8) is 0 Å². The Bertz CT molecular complexity index is 318. The Morgan fingerprint density at radius 2 is 1.20 bits per heavy atom. The van der Waals surface area contributed by atoms with Crippen molar-refractivity contribution >= 4 is 0 Å². The molecule has 0 amide bonds. The summed E-state index contributed by atoms with van der Waals surface area (Å²) in [5, 5.41) is 19.8. The molecule has 0 radical (unpaired) electrons. The fourth-order valence-electron chi connectivity index (χ4n) is 3.07. The van der Waals surface area contributed by atoms with Gasteiger partial charge in [0.1, 0.15) is 0 Å². The van der Waals surface area contributed by atoms with E-state index in [0.717, 1.165) is 25.7 Å². The molecule has 2 rings (SSSR count). The van der Waals surface area contributed by atoms with Gasteiger partial charge >= 0.3 is 0 Å². The maximum absolute atomic E-state index is 9.92. The van der Waals surface area contributed by atoms with E-state index in [-0.39, 0.29) is 24.4 Å². The normalized spacial score (nSPS) is 38.0. The van der Waals surface area contributed by atoms with E-state index in [4.69, 9.17) is 9.47 Å². The van der Waals surface area contributed by atoms with Crippen LogP contribution in [0.1, 0.15) is 39.5 Å². The third-order valence-electron chi connectivity index (χ3n) is 4.13. The maximum Gasteiger partial charge on any atom is 0.0982 e. The van der Waals surface area contributed by atoms with Crippen molar-refractivity contribution in [2.45, 2.75) is 76.2 Å². The highest BCUT2D eigenvalue weighted by atomic mass is 16.6. The van der Waals surface area contributed by atoms with Crippen LogP contribution >= 0.6 is 0 Å². The quantitative estimate of drug-likeness (QED) is 0.757. The van der Waals surface area contributed by atoms with Gasteiger partial charge in [-0.15, -0.1) is 0 Å². The van der Waals surface area contributed by atoms with Crippen LogP contribution in [-0.4, -0.2) is 46.8 Å². The zero-order chi connectivity index (χ0) is 14.5. The van der Waals surface area contributed by atoms with Crippen molar-refractivity contribution in [2.75, 3.05) is 0 Å². The Kier molecular flexibility index (Phi) is 5.78. The lowest BCUT2D eigenvalue weighted by molar-refractivity contribution is -0.0974. The molecule has 0 saturated carbocycles. The smallest absolute Gasteiger partial charge is 0.0982 e. The Balaban J connectivity index is 1.83. The van der Waals surface area contributed by atoms with Crippen LogP contribution in [0.4, 0.5) is 0 Å². The number of ether oxygens (including phenoxy) is 2. The van der Waals surface area contributed by atoms with Crippen molar-refractivity contribution in [1.29, 1.82) is 0 Å². The first-order valence-corrected chi connectivity index (χ1v) is 7.58. The Hall–Kier alpha value is -0.680. The zero-order valence-electron chi connectivity index (χ0n) is 12.3. The van der Waals surface area contributed by atoms with Gasteiger partial charge in [0.25, 0.3) is 0 Å². The number of aliphatic hydroxyl groups excluding tert-OH is 2. The fourth-order valence-corrected chi connectivity index (χ4v) is 3.07. The summed E-state index contributed by atoms with van der Waals surface area (Å²) in [6, 6.07) is 0. The minimum Gasteiger partial charge on any atom is -0.386 e. The van der Waals surface area contributed by atoms with E-state index in [2.05, 4.69) is 0 Å². The van der Waals surface area contributed by atoms with Crippen LogP contribution < -0.4 is 0 Å². The molecular formula is C16H26O4. The molecule has 0 aliphatic carbocycles. The topological polar surface area (TPSA) is 58.9 Å². The van der Waals surface area contributed by atoms with Crippen LogP contribution in [0.25, 0.3) is 0 Å². The van der Waals surface area contributed by atoms with Crippen molar-refractivity contribution in [1.82, 2.24) is 0 Å². The minimum atomic E-state index is -0.532. The van der Waals surface area contributed by atoms with Gasteiger partial charge in [0, 0.05) is 0 Å². The molecule has 2 aliphatic rings. The maximum atomic E-state index is 9.92. The molecule has 4 nitrogen and oxygen atoms in total. The average molecular weight is 282 g/mol. The third kappa shape index (κ3) is 3.70. The summed E-state index contributed by atoms with van der Waals surface area (Å²) in [7, 11) is 0. The molecule has 114 valence electrons. The van der Waals surface area contributed by atoms with Gasteiger partial charge in [-0.25, -0.2) is 0 Å². The molecule has 0 aromatic heterocycles. The van der Waals surface area contributed by atoms with E-state index in [9.17, 15) is 10.2 Å². The minimum absolute atomic E-state index is 0.0442. The molecule has 20 heavy (non-hydrogen) atoms. The van der Waals surface area contributed by atoms with Gasteiger partial charge in [-0.05, 0) is 39.5 Å². The molecule has 0 spiro atoms. The number of hydrogen-bond acceptors (Lipinski definition) is 4. The Morgan fingerprint density at radius 3 is 1.55 bits per heavy atom. The average Bonchev–Trinajstić information content (AvgIpc) is 3.08. The molecule has 2 fully saturated rings. The first-order chi connectivity index (χ1) is 9.65. The summed E-state index contributed by atoms with van der Waals surface area (Å²) < 4.78 is 11.8. The number of rotatable bonds is 5. The highest BCUT2D eigenvalue weighted by Crippen LogP contribution is 2.33. The SMILES string of the molecule is C/C=C/[C@@H](O)[C@H]1CC[C@H]([C@H]2CC[C@H]([C@H](O)/C=C/C)O2)O1. The molecule has 6 atom stereocenters. The van der Waals surface area contributed by atoms with E-state index in [1.165, 1.54) is 0 Å². The molecule has 4 heteroatoms. The summed E-state index contributed by atoms with van der Waals surface area (Å²) in [5.74, 6) is 0. The molecule has 2 N–H and O–H groups in total. The standard InChI is InChI=1S/C16H26O4/c1-3-5-11(17)13-7-9-15(19-13)16-10-8-14(20-16)12(18)6-4-2/h3-6,11-18H,7-10H2,1-2H3/b5-3+,6-4+/t11-,12-,13-,14-,15-,16-/m1/s1. The summed E-state index contributed by atoms with van der Waals surface area (Å²) in [4.78, 5) is 0. The van der Waals surface area contributed by atoms with Gasteiger partial charge in [0.15, 0.2) is 0 Å². The largest absolute Gasteiger partial charge is 0.386 e. The van der Waals surface area contributed by atoms with Crippen molar-refractivity contribution < 1.29 is 19.7 Å². The lowest BCUT2D eigenvalue weighted by atomic mass is 10.0. The second-order valence-electron chi connectivity index (χ2n) is 5.61. The highest BCUT2D eigenvalue weighted by molar-refractivity contribution is 4.97. The van der Waals surface area contributed by atoms with E-state index in [1.807, 2.05) is 26.0 Å². The van der Waals surface area contributed by atoms with Gasteiger partial charge in [0.2, 0.25) is 0 Å².